The van der Waals surface area contributed by atoms with Crippen LogP contribution in [0.1, 0.15) is 12.5 Å². The highest BCUT2D eigenvalue weighted by molar-refractivity contribution is 9.10. The predicted octanol–water partition coefficient (Wildman–Crippen LogP) is 3.42. The van der Waals surface area contributed by atoms with Gasteiger partial charge in [-0.25, -0.2) is 9.82 Å². The molecule has 9 heteroatoms. The number of amides is 1. The summed E-state index contributed by atoms with van der Waals surface area (Å²) in [5, 5.41) is 14.6. The van der Waals surface area contributed by atoms with E-state index in [9.17, 15) is 19.3 Å². The molecule has 7 nitrogen and oxygen atoms in total. The zero-order valence-corrected chi connectivity index (χ0v) is 14.6. The molecular weight excluding hydrogens is 397 g/mol. The largest absolute Gasteiger partial charge is 0.483 e. The Balaban J connectivity index is 1.91. The Morgan fingerprint density at radius 3 is 2.60 bits per heavy atom. The Morgan fingerprint density at radius 1 is 1.32 bits per heavy atom. The van der Waals surface area contributed by atoms with Gasteiger partial charge in [-0.2, -0.15) is 5.10 Å². The van der Waals surface area contributed by atoms with E-state index in [1.54, 1.807) is 19.1 Å². The molecule has 1 N–H and O–H groups in total. The molecule has 0 aliphatic heterocycles. The third kappa shape index (κ3) is 5.35. The van der Waals surface area contributed by atoms with Crippen molar-refractivity contribution in [2.45, 2.75) is 6.92 Å². The van der Waals surface area contributed by atoms with E-state index < -0.39 is 10.8 Å². The predicted molar refractivity (Wildman–Crippen MR) is 93.0 cm³/mol. The standard InChI is InChI=1S/C16H13BrFN3O4/c1-10(11-2-4-12(18)5-3-11)19-20-16(22)9-25-15-7-6-13(21(23)24)8-14(15)17/h2-8H,9H2,1H3,(H,20,22)/b19-10+. The second-order valence-electron chi connectivity index (χ2n) is 4.90. The van der Waals surface area contributed by atoms with E-state index in [0.717, 1.165) is 0 Å². The Morgan fingerprint density at radius 2 is 2.00 bits per heavy atom. The zero-order valence-electron chi connectivity index (χ0n) is 13.0. The van der Waals surface area contributed by atoms with Crippen molar-refractivity contribution in [3.8, 4) is 5.75 Å². The molecule has 25 heavy (non-hydrogen) atoms. The van der Waals surface area contributed by atoms with Crippen LogP contribution in [0.4, 0.5) is 10.1 Å². The van der Waals surface area contributed by atoms with Crippen LogP contribution >= 0.6 is 15.9 Å². The third-order valence-electron chi connectivity index (χ3n) is 3.10. The van der Waals surface area contributed by atoms with Gasteiger partial charge in [0.2, 0.25) is 0 Å². The van der Waals surface area contributed by atoms with Gasteiger partial charge in [0.25, 0.3) is 11.6 Å². The number of hydrogen-bond acceptors (Lipinski definition) is 5. The second-order valence-corrected chi connectivity index (χ2v) is 5.75. The molecule has 2 aromatic carbocycles. The Kier molecular flexibility index (Phi) is 6.18. The summed E-state index contributed by atoms with van der Waals surface area (Å²) in [6, 6.07) is 9.63. The molecule has 0 atom stereocenters. The van der Waals surface area contributed by atoms with Crippen LogP contribution in [-0.4, -0.2) is 23.1 Å². The van der Waals surface area contributed by atoms with E-state index in [2.05, 4.69) is 26.5 Å². The fourth-order valence-electron chi connectivity index (χ4n) is 1.80. The maximum atomic E-state index is 12.9. The van der Waals surface area contributed by atoms with E-state index in [4.69, 9.17) is 4.74 Å². The zero-order chi connectivity index (χ0) is 18.4. The fourth-order valence-corrected chi connectivity index (χ4v) is 2.28. The van der Waals surface area contributed by atoms with Gasteiger partial charge in [0.05, 0.1) is 15.1 Å². The number of carbonyl (C=O) groups excluding carboxylic acids is 1. The number of carbonyl (C=O) groups is 1. The molecule has 0 radical (unpaired) electrons. The van der Waals surface area contributed by atoms with Gasteiger partial charge in [-0.3, -0.25) is 14.9 Å². The number of nitrogens with one attached hydrogen (secondary N) is 1. The van der Waals surface area contributed by atoms with Crippen molar-refractivity contribution in [2.24, 2.45) is 5.10 Å². The van der Waals surface area contributed by atoms with E-state index in [1.165, 1.54) is 30.3 Å². The number of nitro groups is 1. The number of hydrogen-bond donors (Lipinski definition) is 1. The molecule has 2 aromatic rings. The highest BCUT2D eigenvalue weighted by atomic mass is 79.9. The smallest absolute Gasteiger partial charge is 0.277 e. The topological polar surface area (TPSA) is 93.8 Å². The first-order valence-corrected chi connectivity index (χ1v) is 7.82. The first-order chi connectivity index (χ1) is 11.9. The van der Waals surface area contributed by atoms with Crippen molar-refractivity contribution >= 4 is 33.2 Å². The number of rotatable bonds is 6. The summed E-state index contributed by atoms with van der Waals surface area (Å²) in [7, 11) is 0. The molecule has 1 amide bonds. The summed E-state index contributed by atoms with van der Waals surface area (Å²) in [4.78, 5) is 21.9. The Bertz CT molecular complexity index is 825. The number of non-ortho nitro benzene ring substituents is 1. The van der Waals surface area contributed by atoms with Gasteiger partial charge in [0, 0.05) is 12.1 Å². The first kappa shape index (κ1) is 18.5. The number of nitrogens with zero attached hydrogens (tertiary/aromatic N) is 2. The molecule has 0 saturated carbocycles. The molecular formula is C16H13BrFN3O4. The Hall–Kier alpha value is -2.81. The molecule has 0 bridgehead atoms. The average molecular weight is 410 g/mol. The van der Waals surface area contributed by atoms with E-state index in [0.29, 0.717) is 21.5 Å². The van der Waals surface area contributed by atoms with Crippen LogP contribution in [0.25, 0.3) is 0 Å². The molecule has 0 saturated heterocycles. The molecule has 0 aromatic heterocycles. The molecule has 0 spiro atoms. The number of nitro benzene ring substituents is 1. The Labute approximate surface area is 150 Å². The lowest BCUT2D eigenvalue weighted by atomic mass is 10.1. The SMILES string of the molecule is C/C(=N\NC(=O)COc1ccc([N+](=O)[O-])cc1Br)c1ccc(F)cc1. The highest BCUT2D eigenvalue weighted by Crippen LogP contribution is 2.28. The van der Waals surface area contributed by atoms with Crippen LogP contribution in [0.5, 0.6) is 5.75 Å². The quantitative estimate of drug-likeness (QED) is 0.449. The maximum Gasteiger partial charge on any atom is 0.277 e. The van der Waals surface area contributed by atoms with Crippen LogP contribution in [0.15, 0.2) is 52.0 Å². The minimum atomic E-state index is -0.534. The normalized spacial score (nSPS) is 11.1. The molecule has 2 rings (SSSR count). The van der Waals surface area contributed by atoms with Gasteiger partial charge >= 0.3 is 0 Å². The minimum Gasteiger partial charge on any atom is -0.483 e. The second kappa shape index (κ2) is 8.34. The summed E-state index contributed by atoms with van der Waals surface area (Å²) < 4.78 is 18.5. The summed E-state index contributed by atoms with van der Waals surface area (Å²) in [5.74, 6) is -0.575. The minimum absolute atomic E-state index is 0.0943. The van der Waals surface area contributed by atoms with Gasteiger partial charge in [0.15, 0.2) is 6.61 Å². The van der Waals surface area contributed by atoms with Crippen LogP contribution in [-0.2, 0) is 4.79 Å². The van der Waals surface area contributed by atoms with Gasteiger partial charge in [-0.1, -0.05) is 12.1 Å². The van der Waals surface area contributed by atoms with Crippen molar-refractivity contribution in [1.82, 2.24) is 5.43 Å². The molecule has 0 unspecified atom stereocenters. The maximum absolute atomic E-state index is 12.9. The van der Waals surface area contributed by atoms with Crippen LogP contribution < -0.4 is 10.2 Å². The number of benzene rings is 2. The molecule has 0 heterocycles. The van der Waals surface area contributed by atoms with Gasteiger partial charge < -0.3 is 4.74 Å². The molecule has 0 aliphatic carbocycles. The summed E-state index contributed by atoms with van der Waals surface area (Å²) >= 11 is 3.14. The van der Waals surface area contributed by atoms with Crippen molar-refractivity contribution in [1.29, 1.82) is 0 Å². The summed E-state index contributed by atoms with van der Waals surface area (Å²) in [6.07, 6.45) is 0. The van der Waals surface area contributed by atoms with Gasteiger partial charge in [-0.05, 0) is 46.6 Å². The summed E-state index contributed by atoms with van der Waals surface area (Å²) in [6.45, 7) is 1.35. The number of hydrazone groups is 1. The lowest BCUT2D eigenvalue weighted by molar-refractivity contribution is -0.384. The lowest BCUT2D eigenvalue weighted by Crippen LogP contribution is -2.25. The summed E-state index contributed by atoms with van der Waals surface area (Å²) in [5.41, 5.74) is 3.40. The number of halogens is 2. The van der Waals surface area contributed by atoms with Crippen molar-refractivity contribution in [3.63, 3.8) is 0 Å². The molecule has 0 aliphatic rings. The molecule has 130 valence electrons. The van der Waals surface area contributed by atoms with Gasteiger partial charge in [0.1, 0.15) is 11.6 Å². The first-order valence-electron chi connectivity index (χ1n) is 7.02. The van der Waals surface area contributed by atoms with Gasteiger partial charge in [-0.15, -0.1) is 0 Å². The van der Waals surface area contributed by atoms with E-state index in [-0.39, 0.29) is 18.1 Å². The fraction of sp³-hybridized carbons (Fsp3) is 0.125. The van der Waals surface area contributed by atoms with Crippen LogP contribution in [0, 0.1) is 15.9 Å². The van der Waals surface area contributed by atoms with E-state index in [1.807, 2.05) is 0 Å². The molecule has 0 fully saturated rings. The monoisotopic (exact) mass is 409 g/mol. The lowest BCUT2D eigenvalue weighted by Gasteiger charge is -2.07. The highest BCUT2D eigenvalue weighted by Gasteiger charge is 2.11. The van der Waals surface area contributed by atoms with Crippen LogP contribution in [0.3, 0.4) is 0 Å². The van der Waals surface area contributed by atoms with Crippen molar-refractivity contribution in [3.05, 3.63) is 68.4 Å². The van der Waals surface area contributed by atoms with Crippen molar-refractivity contribution < 1.29 is 18.8 Å². The third-order valence-corrected chi connectivity index (χ3v) is 3.72. The van der Waals surface area contributed by atoms with Crippen LogP contribution in [0.2, 0.25) is 0 Å². The van der Waals surface area contributed by atoms with E-state index >= 15 is 0 Å². The number of ether oxygens (including phenoxy) is 1. The average Bonchev–Trinajstić information content (AvgIpc) is 2.59. The van der Waals surface area contributed by atoms with Crippen molar-refractivity contribution in [2.75, 3.05) is 6.61 Å².